The highest BCUT2D eigenvalue weighted by Crippen LogP contribution is 2.49. The SMILES string of the molecule is Cc1cc2c(C)nccc2c(C(C)(C)NC(=O)[C@H]2C3CNC[C@@H]32)n1. The number of carbonyl (C=O) groups excluding carboxylic acids is 1. The first-order valence-electron chi connectivity index (χ1n) is 8.64. The average molecular weight is 324 g/mol. The van der Waals surface area contributed by atoms with E-state index in [2.05, 4.69) is 21.7 Å². The van der Waals surface area contributed by atoms with E-state index in [1.54, 1.807) is 0 Å². The van der Waals surface area contributed by atoms with E-state index in [1.165, 1.54) is 0 Å². The molecule has 3 atom stereocenters. The second-order valence-corrected chi connectivity index (χ2v) is 7.73. The van der Waals surface area contributed by atoms with Crippen molar-refractivity contribution in [3.63, 3.8) is 0 Å². The molecule has 0 bridgehead atoms. The number of piperidine rings is 1. The number of rotatable bonds is 3. The molecule has 3 heterocycles. The molecule has 4 rings (SSSR count). The number of hydrogen-bond acceptors (Lipinski definition) is 4. The summed E-state index contributed by atoms with van der Waals surface area (Å²) in [4.78, 5) is 21.9. The molecule has 2 fully saturated rings. The van der Waals surface area contributed by atoms with Crippen molar-refractivity contribution in [3.8, 4) is 0 Å². The molecule has 1 amide bonds. The summed E-state index contributed by atoms with van der Waals surface area (Å²) in [5.41, 5.74) is 2.34. The van der Waals surface area contributed by atoms with Crippen molar-refractivity contribution in [2.24, 2.45) is 17.8 Å². The molecule has 5 nitrogen and oxygen atoms in total. The van der Waals surface area contributed by atoms with Gasteiger partial charge in [-0.15, -0.1) is 0 Å². The number of hydrogen-bond donors (Lipinski definition) is 2. The monoisotopic (exact) mass is 324 g/mol. The molecule has 2 aromatic heterocycles. The van der Waals surface area contributed by atoms with Crippen molar-refractivity contribution in [1.29, 1.82) is 0 Å². The van der Waals surface area contributed by atoms with Crippen LogP contribution in [0.1, 0.15) is 30.9 Å². The molecule has 2 aromatic rings. The molecule has 2 N–H and O–H groups in total. The van der Waals surface area contributed by atoms with Crippen molar-refractivity contribution >= 4 is 16.7 Å². The van der Waals surface area contributed by atoms with Gasteiger partial charge in [0.25, 0.3) is 0 Å². The summed E-state index contributed by atoms with van der Waals surface area (Å²) in [6, 6.07) is 4.06. The molecule has 0 spiro atoms. The topological polar surface area (TPSA) is 66.9 Å². The van der Waals surface area contributed by atoms with Crippen LogP contribution in [0.5, 0.6) is 0 Å². The van der Waals surface area contributed by atoms with Crippen molar-refractivity contribution in [2.45, 2.75) is 33.2 Å². The van der Waals surface area contributed by atoms with Crippen LogP contribution in [-0.2, 0) is 10.3 Å². The third kappa shape index (κ3) is 2.38. The van der Waals surface area contributed by atoms with Crippen molar-refractivity contribution in [1.82, 2.24) is 20.6 Å². The number of aryl methyl sites for hydroxylation is 2. The molecule has 5 heteroatoms. The summed E-state index contributed by atoms with van der Waals surface area (Å²) in [5, 5.41) is 8.76. The molecular formula is C19H24N4O. The Kier molecular flexibility index (Phi) is 3.39. The summed E-state index contributed by atoms with van der Waals surface area (Å²) >= 11 is 0. The maximum atomic E-state index is 12.7. The molecule has 0 radical (unpaired) electrons. The smallest absolute Gasteiger partial charge is 0.224 e. The maximum absolute atomic E-state index is 12.7. The molecule has 1 aliphatic heterocycles. The average Bonchev–Trinajstić information content (AvgIpc) is 3.01. The van der Waals surface area contributed by atoms with Gasteiger partial charge in [-0.3, -0.25) is 14.8 Å². The Morgan fingerprint density at radius 1 is 1.25 bits per heavy atom. The predicted octanol–water partition coefficient (Wildman–Crippen LogP) is 2.06. The fourth-order valence-electron chi connectivity index (χ4n) is 4.18. The van der Waals surface area contributed by atoms with Gasteiger partial charge in [0.05, 0.1) is 11.2 Å². The minimum absolute atomic E-state index is 0.165. The van der Waals surface area contributed by atoms with E-state index in [-0.39, 0.29) is 11.8 Å². The van der Waals surface area contributed by atoms with Gasteiger partial charge in [0, 0.05) is 34.3 Å². The van der Waals surface area contributed by atoms with E-state index in [9.17, 15) is 4.79 Å². The second kappa shape index (κ2) is 5.24. The first kappa shape index (κ1) is 15.5. The van der Waals surface area contributed by atoms with Crippen LogP contribution in [0.4, 0.5) is 0 Å². The predicted molar refractivity (Wildman–Crippen MR) is 93.5 cm³/mol. The van der Waals surface area contributed by atoms with Crippen LogP contribution < -0.4 is 10.6 Å². The zero-order valence-corrected chi connectivity index (χ0v) is 14.7. The number of nitrogens with zero attached hydrogens (tertiary/aromatic N) is 2. The van der Waals surface area contributed by atoms with Gasteiger partial charge in [0.1, 0.15) is 0 Å². The summed E-state index contributed by atoms with van der Waals surface area (Å²) in [6.07, 6.45) is 1.81. The lowest BCUT2D eigenvalue weighted by molar-refractivity contribution is -0.124. The van der Waals surface area contributed by atoms with Crippen LogP contribution in [0.15, 0.2) is 18.3 Å². The summed E-state index contributed by atoms with van der Waals surface area (Å²) in [7, 11) is 0. The maximum Gasteiger partial charge on any atom is 0.224 e. The lowest BCUT2D eigenvalue weighted by atomic mass is 9.93. The minimum Gasteiger partial charge on any atom is -0.345 e. The zero-order valence-electron chi connectivity index (χ0n) is 14.7. The van der Waals surface area contributed by atoms with Gasteiger partial charge in [-0.1, -0.05) is 0 Å². The minimum atomic E-state index is -0.514. The van der Waals surface area contributed by atoms with Crippen molar-refractivity contribution in [3.05, 3.63) is 35.4 Å². The van der Waals surface area contributed by atoms with E-state index >= 15 is 0 Å². The van der Waals surface area contributed by atoms with Crippen LogP contribution in [0.2, 0.25) is 0 Å². The highest BCUT2D eigenvalue weighted by molar-refractivity contribution is 5.89. The number of pyridine rings is 2. The number of amides is 1. The number of aromatic nitrogens is 2. The molecule has 126 valence electrons. The van der Waals surface area contributed by atoms with Crippen molar-refractivity contribution in [2.75, 3.05) is 13.1 Å². The number of fused-ring (bicyclic) bond motifs is 2. The van der Waals surface area contributed by atoms with Gasteiger partial charge in [-0.05, 0) is 64.8 Å². The third-order valence-electron chi connectivity index (χ3n) is 5.51. The van der Waals surface area contributed by atoms with Gasteiger partial charge in [-0.2, -0.15) is 0 Å². The van der Waals surface area contributed by atoms with Crippen LogP contribution in [0, 0.1) is 31.6 Å². The largest absolute Gasteiger partial charge is 0.345 e. The second-order valence-electron chi connectivity index (χ2n) is 7.73. The van der Waals surface area contributed by atoms with E-state index in [0.717, 1.165) is 40.9 Å². The highest BCUT2D eigenvalue weighted by atomic mass is 16.2. The first-order chi connectivity index (χ1) is 11.4. The fraction of sp³-hybridized carbons (Fsp3) is 0.526. The lowest BCUT2D eigenvalue weighted by Gasteiger charge is -2.28. The zero-order chi connectivity index (χ0) is 17.1. The number of nitrogens with one attached hydrogen (secondary N) is 2. The van der Waals surface area contributed by atoms with Gasteiger partial charge in [0.2, 0.25) is 5.91 Å². The molecule has 0 aromatic carbocycles. The molecule has 2 aliphatic rings. The highest BCUT2D eigenvalue weighted by Gasteiger charge is 2.57. The van der Waals surface area contributed by atoms with E-state index in [1.807, 2.05) is 40.0 Å². The number of carbonyl (C=O) groups is 1. The Hall–Kier alpha value is -2.01. The molecular weight excluding hydrogens is 300 g/mol. The summed E-state index contributed by atoms with van der Waals surface area (Å²) < 4.78 is 0. The van der Waals surface area contributed by atoms with Crippen molar-refractivity contribution < 1.29 is 4.79 Å². The normalized spacial score (nSPS) is 25.6. The van der Waals surface area contributed by atoms with Gasteiger partial charge < -0.3 is 10.6 Å². The van der Waals surface area contributed by atoms with E-state index in [4.69, 9.17) is 4.98 Å². The molecule has 1 saturated carbocycles. The molecule has 1 unspecified atom stereocenters. The van der Waals surface area contributed by atoms with Gasteiger partial charge in [-0.25, -0.2) is 0 Å². The molecule has 1 saturated heterocycles. The Balaban J connectivity index is 1.68. The third-order valence-corrected chi connectivity index (χ3v) is 5.51. The first-order valence-corrected chi connectivity index (χ1v) is 8.64. The van der Waals surface area contributed by atoms with Crippen LogP contribution in [-0.4, -0.2) is 29.0 Å². The van der Waals surface area contributed by atoms with Crippen LogP contribution in [0.25, 0.3) is 10.8 Å². The van der Waals surface area contributed by atoms with E-state index in [0.29, 0.717) is 11.8 Å². The Morgan fingerprint density at radius 2 is 1.96 bits per heavy atom. The standard InChI is InChI=1S/C19H24N4O/c1-10-7-13-11(2)21-6-5-12(13)17(22-10)19(3,4)23-18(24)16-14-8-20-9-15(14)16/h5-7,14-16,20H,8-9H2,1-4H3,(H,23,24)/t14-,15?,16+/m0/s1. The summed E-state index contributed by atoms with van der Waals surface area (Å²) in [5.74, 6) is 1.38. The van der Waals surface area contributed by atoms with E-state index < -0.39 is 5.54 Å². The van der Waals surface area contributed by atoms with Crippen LogP contribution >= 0.6 is 0 Å². The summed E-state index contributed by atoms with van der Waals surface area (Å²) in [6.45, 7) is 10.0. The Morgan fingerprint density at radius 3 is 2.67 bits per heavy atom. The Labute approximate surface area is 142 Å². The lowest BCUT2D eigenvalue weighted by Crippen LogP contribution is -2.43. The molecule has 24 heavy (non-hydrogen) atoms. The Bertz CT molecular complexity index is 819. The molecule has 1 aliphatic carbocycles. The fourth-order valence-corrected chi connectivity index (χ4v) is 4.18. The van der Waals surface area contributed by atoms with Crippen LogP contribution in [0.3, 0.4) is 0 Å². The quantitative estimate of drug-likeness (QED) is 0.907. The van der Waals surface area contributed by atoms with Gasteiger partial charge >= 0.3 is 0 Å². The van der Waals surface area contributed by atoms with Gasteiger partial charge in [0.15, 0.2) is 0 Å².